The lowest BCUT2D eigenvalue weighted by molar-refractivity contribution is 0.415. The number of hydrogen-bond acceptors (Lipinski definition) is 5. The van der Waals surface area contributed by atoms with E-state index in [2.05, 4.69) is 60.1 Å². The second-order valence-corrected chi connectivity index (χ2v) is 13.9. The minimum absolute atomic E-state index is 0.271. The number of H-pyrrole nitrogens is 1. The fraction of sp³-hybridized carbons (Fsp3) is 0.276. The lowest BCUT2D eigenvalue weighted by Gasteiger charge is -2.27. The molecular weight excluding hydrogens is 500 g/mol. The Kier molecular flexibility index (Phi) is 6.46. The molecule has 0 saturated heterocycles. The summed E-state index contributed by atoms with van der Waals surface area (Å²) in [5, 5.41) is 19.0. The number of hydrogen-bond donors (Lipinski definition) is 1. The van der Waals surface area contributed by atoms with Crippen molar-refractivity contribution in [1.29, 1.82) is 5.26 Å². The molecule has 0 aliphatic carbocycles. The van der Waals surface area contributed by atoms with Gasteiger partial charge in [0.15, 0.2) is 7.49 Å². The molecule has 0 radical (unpaired) electrons. The van der Waals surface area contributed by atoms with Crippen LogP contribution in [0.4, 0.5) is 4.39 Å². The van der Waals surface area contributed by atoms with E-state index in [0.29, 0.717) is 5.75 Å². The molecule has 7 nitrogen and oxygen atoms in total. The first-order valence-corrected chi connectivity index (χ1v) is 14.8. The van der Waals surface area contributed by atoms with Gasteiger partial charge in [0, 0.05) is 57.4 Å². The predicted octanol–water partition coefficient (Wildman–Crippen LogP) is 6.37. The van der Waals surface area contributed by atoms with Gasteiger partial charge in [-0.25, -0.2) is 13.9 Å². The number of aromatic amines is 1. The SMILES string of the molecule is COc1cc([P+](C)(C)OC)ncc1-c1c(C(C)(C)CC#N)n(-c2ccc(F)cc2)c2cc3cn[nH]c3cc12. The first-order valence-electron chi connectivity index (χ1n) is 12.2. The zero-order valence-electron chi connectivity index (χ0n) is 22.3. The first-order chi connectivity index (χ1) is 18.1. The van der Waals surface area contributed by atoms with Gasteiger partial charge in [-0.05, 0) is 36.4 Å². The van der Waals surface area contributed by atoms with Crippen molar-refractivity contribution < 1.29 is 13.7 Å². The third kappa shape index (κ3) is 4.22. The summed E-state index contributed by atoms with van der Waals surface area (Å²) in [7, 11) is 1.45. The molecule has 0 aliphatic rings. The smallest absolute Gasteiger partial charge is 0.215 e. The van der Waals surface area contributed by atoms with Crippen molar-refractivity contribution in [2.24, 2.45) is 0 Å². The summed E-state index contributed by atoms with van der Waals surface area (Å²) in [6, 6.07) is 14.9. The predicted molar refractivity (Wildman–Crippen MR) is 151 cm³/mol. The molecule has 9 heteroatoms. The van der Waals surface area contributed by atoms with Gasteiger partial charge in [-0.2, -0.15) is 10.4 Å². The molecule has 38 heavy (non-hydrogen) atoms. The Bertz CT molecular complexity index is 1700. The van der Waals surface area contributed by atoms with Crippen LogP contribution in [-0.4, -0.2) is 47.3 Å². The van der Waals surface area contributed by atoms with Crippen molar-refractivity contribution in [3.8, 4) is 28.6 Å². The Hall–Kier alpha value is -3.79. The van der Waals surface area contributed by atoms with Crippen molar-refractivity contribution in [3.05, 3.63) is 66.4 Å². The number of aromatic nitrogens is 4. The van der Waals surface area contributed by atoms with Gasteiger partial charge in [0.2, 0.25) is 5.44 Å². The van der Waals surface area contributed by atoms with Gasteiger partial charge in [0.1, 0.15) is 11.6 Å². The summed E-state index contributed by atoms with van der Waals surface area (Å²) >= 11 is 0. The maximum absolute atomic E-state index is 14.0. The molecule has 3 aromatic heterocycles. The van der Waals surface area contributed by atoms with Gasteiger partial charge in [0.05, 0.1) is 50.8 Å². The maximum Gasteiger partial charge on any atom is 0.215 e. The zero-order valence-corrected chi connectivity index (χ0v) is 23.2. The highest BCUT2D eigenvalue weighted by molar-refractivity contribution is 7.76. The summed E-state index contributed by atoms with van der Waals surface area (Å²) in [5.74, 6) is 0.350. The van der Waals surface area contributed by atoms with Crippen LogP contribution in [0.2, 0.25) is 0 Å². The summed E-state index contributed by atoms with van der Waals surface area (Å²) < 4.78 is 27.8. The van der Waals surface area contributed by atoms with E-state index in [4.69, 9.17) is 14.2 Å². The summed E-state index contributed by atoms with van der Waals surface area (Å²) in [6.45, 7) is 8.22. The molecule has 5 aromatic rings. The highest BCUT2D eigenvalue weighted by Gasteiger charge is 2.36. The highest BCUT2D eigenvalue weighted by Crippen LogP contribution is 2.52. The van der Waals surface area contributed by atoms with Gasteiger partial charge in [0.25, 0.3) is 0 Å². The molecule has 0 amide bonds. The number of methoxy groups -OCH3 is 1. The first kappa shape index (κ1) is 25.8. The van der Waals surface area contributed by atoms with E-state index < -0.39 is 12.9 Å². The Morgan fingerprint density at radius 1 is 1.11 bits per heavy atom. The third-order valence-electron chi connectivity index (χ3n) is 7.12. The quantitative estimate of drug-likeness (QED) is 0.247. The summed E-state index contributed by atoms with van der Waals surface area (Å²) in [5.41, 5.74) is 5.48. The van der Waals surface area contributed by atoms with Crippen molar-refractivity contribution in [2.45, 2.75) is 25.7 Å². The van der Waals surface area contributed by atoms with Crippen LogP contribution < -0.4 is 10.2 Å². The van der Waals surface area contributed by atoms with Gasteiger partial charge in [-0.1, -0.05) is 13.8 Å². The molecule has 0 fully saturated rings. The monoisotopic (exact) mass is 530 g/mol. The van der Waals surface area contributed by atoms with E-state index in [1.54, 1.807) is 32.5 Å². The van der Waals surface area contributed by atoms with E-state index in [0.717, 1.165) is 49.7 Å². The molecule has 0 aliphatic heterocycles. The normalized spacial score (nSPS) is 12.3. The molecule has 0 atom stereocenters. The van der Waals surface area contributed by atoms with Crippen molar-refractivity contribution in [1.82, 2.24) is 19.7 Å². The van der Waals surface area contributed by atoms with Crippen LogP contribution in [0.5, 0.6) is 5.75 Å². The van der Waals surface area contributed by atoms with Crippen LogP contribution in [0, 0.1) is 17.1 Å². The zero-order chi connectivity index (χ0) is 27.2. The van der Waals surface area contributed by atoms with Crippen LogP contribution in [0.3, 0.4) is 0 Å². The van der Waals surface area contributed by atoms with Gasteiger partial charge >= 0.3 is 0 Å². The van der Waals surface area contributed by atoms with Crippen LogP contribution in [-0.2, 0) is 9.94 Å². The minimum atomic E-state index is -1.89. The number of benzene rings is 2. The maximum atomic E-state index is 14.0. The van der Waals surface area contributed by atoms with Crippen LogP contribution in [0.1, 0.15) is 26.0 Å². The lowest BCUT2D eigenvalue weighted by Crippen LogP contribution is -2.22. The van der Waals surface area contributed by atoms with Crippen molar-refractivity contribution in [2.75, 3.05) is 27.5 Å². The Labute approximate surface area is 221 Å². The molecule has 0 saturated carbocycles. The fourth-order valence-corrected chi connectivity index (χ4v) is 5.90. The number of rotatable bonds is 7. The van der Waals surface area contributed by atoms with E-state index in [1.807, 2.05) is 12.3 Å². The molecule has 2 aromatic carbocycles. The molecule has 3 heterocycles. The topological polar surface area (TPSA) is 88.8 Å². The molecule has 0 spiro atoms. The van der Waals surface area contributed by atoms with E-state index in [1.165, 1.54) is 12.1 Å². The summed E-state index contributed by atoms with van der Waals surface area (Å²) in [4.78, 5) is 4.83. The number of nitriles is 1. The Morgan fingerprint density at radius 2 is 1.84 bits per heavy atom. The van der Waals surface area contributed by atoms with Gasteiger partial charge in [-0.3, -0.25) is 5.10 Å². The van der Waals surface area contributed by atoms with Crippen molar-refractivity contribution in [3.63, 3.8) is 0 Å². The molecule has 194 valence electrons. The molecule has 0 unspecified atom stereocenters. The van der Waals surface area contributed by atoms with Crippen LogP contribution >= 0.6 is 7.49 Å². The number of pyridine rings is 1. The summed E-state index contributed by atoms with van der Waals surface area (Å²) in [6.07, 6.45) is 3.89. The minimum Gasteiger partial charge on any atom is -0.496 e. The molecule has 1 N–H and O–H groups in total. The second kappa shape index (κ2) is 9.50. The average Bonchev–Trinajstić information content (AvgIpc) is 3.49. The average molecular weight is 531 g/mol. The van der Waals surface area contributed by atoms with Gasteiger partial charge in [-0.15, -0.1) is 0 Å². The Morgan fingerprint density at radius 3 is 2.50 bits per heavy atom. The number of ether oxygens (including phenoxy) is 1. The Balaban J connectivity index is 1.95. The lowest BCUT2D eigenvalue weighted by atomic mass is 9.82. The highest BCUT2D eigenvalue weighted by atomic mass is 31.2. The van der Waals surface area contributed by atoms with Crippen LogP contribution in [0.25, 0.3) is 38.6 Å². The molecular formula is C29H30FN5O2P+. The molecule has 0 bridgehead atoms. The van der Waals surface area contributed by atoms with Crippen LogP contribution in [0.15, 0.2) is 54.9 Å². The number of halogens is 1. The standard InChI is InChI=1S/C29H30FN5O2P/c1-29(2,11-12-31)28-27(22-17-32-26(15-25(22)36-3)38(5,6)37-4)21-14-23-18(16-33-34-23)13-24(21)35(28)20-9-7-19(30)8-10-20/h7-10,13-17H,11H2,1-6H3,(H,33,34)/q+1. The second-order valence-electron chi connectivity index (χ2n) is 10.4. The number of nitrogens with one attached hydrogen (secondary N) is 1. The largest absolute Gasteiger partial charge is 0.496 e. The van der Waals surface area contributed by atoms with Gasteiger partial charge < -0.3 is 9.30 Å². The van der Waals surface area contributed by atoms with E-state index in [9.17, 15) is 9.65 Å². The third-order valence-corrected chi connectivity index (χ3v) is 9.38. The molecule has 5 rings (SSSR count). The van der Waals surface area contributed by atoms with E-state index >= 15 is 0 Å². The fourth-order valence-electron chi connectivity index (χ4n) is 4.95. The number of fused-ring (bicyclic) bond motifs is 2. The van der Waals surface area contributed by atoms with Crippen molar-refractivity contribution >= 4 is 34.7 Å². The number of nitrogens with zero attached hydrogens (tertiary/aromatic N) is 4. The van der Waals surface area contributed by atoms with E-state index in [-0.39, 0.29) is 12.2 Å².